The van der Waals surface area contributed by atoms with Gasteiger partial charge in [0, 0.05) is 18.0 Å². The maximum atomic E-state index is 11.9. The fraction of sp³-hybridized carbons (Fsp3) is 0.200. The zero-order chi connectivity index (χ0) is 14.4. The molecule has 0 unspecified atom stereocenters. The van der Waals surface area contributed by atoms with E-state index in [-0.39, 0.29) is 12.1 Å². The maximum absolute atomic E-state index is 11.9. The lowest BCUT2D eigenvalue weighted by molar-refractivity contribution is 0.249. The molecule has 2 N–H and O–H groups in total. The number of amides is 2. The van der Waals surface area contributed by atoms with Crippen molar-refractivity contribution in [2.75, 3.05) is 12.4 Å². The SMILES string of the molecule is COc1cccc(NC(=O)N[C@@H](C)c2ccccn2)c1. The highest BCUT2D eigenvalue weighted by atomic mass is 16.5. The molecular formula is C15H17N3O2. The Labute approximate surface area is 118 Å². The van der Waals surface area contributed by atoms with E-state index in [1.807, 2.05) is 37.3 Å². The van der Waals surface area contributed by atoms with Crippen LogP contribution in [0.4, 0.5) is 10.5 Å². The largest absolute Gasteiger partial charge is 0.497 e. The molecule has 104 valence electrons. The number of carbonyl (C=O) groups is 1. The molecule has 1 heterocycles. The summed E-state index contributed by atoms with van der Waals surface area (Å²) in [5.74, 6) is 0.695. The molecule has 1 aromatic carbocycles. The van der Waals surface area contributed by atoms with E-state index in [9.17, 15) is 4.79 Å². The highest BCUT2D eigenvalue weighted by Gasteiger charge is 2.10. The molecule has 20 heavy (non-hydrogen) atoms. The second-order valence-corrected chi connectivity index (χ2v) is 4.31. The monoisotopic (exact) mass is 271 g/mol. The van der Waals surface area contributed by atoms with Crippen molar-refractivity contribution < 1.29 is 9.53 Å². The van der Waals surface area contributed by atoms with Crippen LogP contribution in [0.5, 0.6) is 5.75 Å². The Hall–Kier alpha value is -2.56. The Morgan fingerprint density at radius 3 is 2.80 bits per heavy atom. The second kappa shape index (κ2) is 6.56. The van der Waals surface area contributed by atoms with Crippen molar-refractivity contribution >= 4 is 11.7 Å². The topological polar surface area (TPSA) is 63.2 Å². The summed E-state index contributed by atoms with van der Waals surface area (Å²) in [5.41, 5.74) is 1.49. The van der Waals surface area contributed by atoms with E-state index in [2.05, 4.69) is 15.6 Å². The number of pyridine rings is 1. The number of methoxy groups -OCH3 is 1. The minimum absolute atomic E-state index is 0.165. The van der Waals surface area contributed by atoms with Crippen LogP contribution in [0.2, 0.25) is 0 Å². The van der Waals surface area contributed by atoms with Crippen LogP contribution in [0.25, 0.3) is 0 Å². The summed E-state index contributed by atoms with van der Waals surface area (Å²) in [6.07, 6.45) is 1.70. The van der Waals surface area contributed by atoms with E-state index < -0.39 is 0 Å². The Balaban J connectivity index is 1.95. The van der Waals surface area contributed by atoms with E-state index in [0.29, 0.717) is 11.4 Å². The Morgan fingerprint density at radius 2 is 2.10 bits per heavy atom. The molecule has 0 spiro atoms. The van der Waals surface area contributed by atoms with E-state index in [1.165, 1.54) is 0 Å². The van der Waals surface area contributed by atoms with Crippen LogP contribution in [-0.4, -0.2) is 18.1 Å². The van der Waals surface area contributed by atoms with Crippen molar-refractivity contribution in [3.63, 3.8) is 0 Å². The highest BCUT2D eigenvalue weighted by molar-refractivity contribution is 5.89. The molecule has 1 atom stereocenters. The first kappa shape index (κ1) is 13.9. The van der Waals surface area contributed by atoms with Crippen molar-refractivity contribution in [1.82, 2.24) is 10.3 Å². The second-order valence-electron chi connectivity index (χ2n) is 4.31. The van der Waals surface area contributed by atoms with Gasteiger partial charge in [0.2, 0.25) is 0 Å². The predicted molar refractivity (Wildman–Crippen MR) is 77.8 cm³/mol. The van der Waals surface area contributed by atoms with E-state index in [4.69, 9.17) is 4.74 Å². The van der Waals surface area contributed by atoms with Crippen molar-refractivity contribution in [3.8, 4) is 5.75 Å². The van der Waals surface area contributed by atoms with Gasteiger partial charge in [-0.15, -0.1) is 0 Å². The highest BCUT2D eigenvalue weighted by Crippen LogP contribution is 2.17. The van der Waals surface area contributed by atoms with Gasteiger partial charge < -0.3 is 15.4 Å². The lowest BCUT2D eigenvalue weighted by Crippen LogP contribution is -2.31. The number of benzene rings is 1. The summed E-state index contributed by atoms with van der Waals surface area (Å²) >= 11 is 0. The molecule has 0 aliphatic carbocycles. The molecule has 2 amide bonds. The van der Waals surface area contributed by atoms with Crippen LogP contribution in [0.15, 0.2) is 48.7 Å². The Bertz CT molecular complexity index is 572. The van der Waals surface area contributed by atoms with Gasteiger partial charge in [-0.3, -0.25) is 4.98 Å². The third kappa shape index (κ3) is 3.71. The first-order valence-electron chi connectivity index (χ1n) is 6.31. The molecule has 0 bridgehead atoms. The molecule has 5 nitrogen and oxygen atoms in total. The molecular weight excluding hydrogens is 254 g/mol. The Kier molecular flexibility index (Phi) is 4.55. The van der Waals surface area contributed by atoms with Gasteiger partial charge in [0.15, 0.2) is 0 Å². The molecule has 1 aromatic heterocycles. The van der Waals surface area contributed by atoms with Gasteiger partial charge in [-0.1, -0.05) is 12.1 Å². The lowest BCUT2D eigenvalue weighted by Gasteiger charge is -2.14. The molecule has 0 radical (unpaired) electrons. The molecule has 0 saturated heterocycles. The molecule has 0 fully saturated rings. The summed E-state index contributed by atoms with van der Waals surface area (Å²) in [5, 5.41) is 5.59. The maximum Gasteiger partial charge on any atom is 0.319 e. The van der Waals surface area contributed by atoms with Crippen molar-refractivity contribution in [1.29, 1.82) is 0 Å². The minimum Gasteiger partial charge on any atom is -0.497 e. The third-order valence-corrected chi connectivity index (χ3v) is 2.81. The molecule has 0 aliphatic heterocycles. The van der Waals surface area contributed by atoms with Crippen LogP contribution in [0.3, 0.4) is 0 Å². The number of nitrogens with one attached hydrogen (secondary N) is 2. The van der Waals surface area contributed by atoms with E-state index >= 15 is 0 Å². The number of rotatable bonds is 4. The predicted octanol–water partition coefficient (Wildman–Crippen LogP) is 2.97. The summed E-state index contributed by atoms with van der Waals surface area (Å²) in [7, 11) is 1.59. The van der Waals surface area contributed by atoms with Crippen LogP contribution >= 0.6 is 0 Å². The fourth-order valence-corrected chi connectivity index (χ4v) is 1.77. The van der Waals surface area contributed by atoms with E-state index in [0.717, 1.165) is 5.69 Å². The average Bonchev–Trinajstić information content (AvgIpc) is 2.48. The number of nitrogens with zero attached hydrogens (tertiary/aromatic N) is 1. The number of hydrogen-bond acceptors (Lipinski definition) is 3. The summed E-state index contributed by atoms with van der Waals surface area (Å²) in [6, 6.07) is 12.3. The van der Waals surface area contributed by atoms with Gasteiger partial charge in [0.25, 0.3) is 0 Å². The van der Waals surface area contributed by atoms with Crippen LogP contribution < -0.4 is 15.4 Å². The normalized spacial score (nSPS) is 11.5. The van der Waals surface area contributed by atoms with Gasteiger partial charge in [-0.2, -0.15) is 0 Å². The van der Waals surface area contributed by atoms with Gasteiger partial charge in [-0.25, -0.2) is 4.79 Å². The number of urea groups is 1. The first-order chi connectivity index (χ1) is 9.69. The summed E-state index contributed by atoms with van der Waals surface area (Å²) in [6.45, 7) is 1.88. The number of ether oxygens (including phenoxy) is 1. The number of carbonyl (C=O) groups excluding carboxylic acids is 1. The quantitative estimate of drug-likeness (QED) is 0.898. The standard InChI is InChI=1S/C15H17N3O2/c1-11(14-8-3-4-9-16-14)17-15(19)18-12-6-5-7-13(10-12)20-2/h3-11H,1-2H3,(H2,17,18,19)/t11-/m0/s1. The minimum atomic E-state index is -0.281. The smallest absolute Gasteiger partial charge is 0.319 e. The number of anilines is 1. The molecule has 2 rings (SSSR count). The fourth-order valence-electron chi connectivity index (χ4n) is 1.77. The van der Waals surface area contributed by atoms with Crippen LogP contribution in [0.1, 0.15) is 18.7 Å². The number of aromatic nitrogens is 1. The van der Waals surface area contributed by atoms with Crippen molar-refractivity contribution in [3.05, 3.63) is 54.4 Å². The van der Waals surface area contributed by atoms with Gasteiger partial charge >= 0.3 is 6.03 Å². The van der Waals surface area contributed by atoms with Crippen molar-refractivity contribution in [2.24, 2.45) is 0 Å². The zero-order valence-corrected chi connectivity index (χ0v) is 11.5. The van der Waals surface area contributed by atoms with Crippen LogP contribution in [-0.2, 0) is 0 Å². The third-order valence-electron chi connectivity index (χ3n) is 2.81. The average molecular weight is 271 g/mol. The molecule has 0 aliphatic rings. The number of hydrogen-bond donors (Lipinski definition) is 2. The zero-order valence-electron chi connectivity index (χ0n) is 11.5. The van der Waals surface area contributed by atoms with Gasteiger partial charge in [-0.05, 0) is 31.2 Å². The van der Waals surface area contributed by atoms with Gasteiger partial charge in [0.1, 0.15) is 5.75 Å². The van der Waals surface area contributed by atoms with Gasteiger partial charge in [0.05, 0.1) is 18.8 Å². The molecule has 5 heteroatoms. The lowest BCUT2D eigenvalue weighted by atomic mass is 10.2. The summed E-state index contributed by atoms with van der Waals surface area (Å²) in [4.78, 5) is 16.1. The Morgan fingerprint density at radius 1 is 1.25 bits per heavy atom. The molecule has 2 aromatic rings. The summed E-state index contributed by atoms with van der Waals surface area (Å²) < 4.78 is 5.11. The first-order valence-corrected chi connectivity index (χ1v) is 6.31. The van der Waals surface area contributed by atoms with Crippen molar-refractivity contribution in [2.45, 2.75) is 13.0 Å². The molecule has 0 saturated carbocycles. The van der Waals surface area contributed by atoms with E-state index in [1.54, 1.807) is 25.4 Å². The van der Waals surface area contributed by atoms with Crippen LogP contribution in [0, 0.1) is 0 Å².